The summed E-state index contributed by atoms with van der Waals surface area (Å²) in [6.07, 6.45) is 1.26. The highest BCUT2D eigenvalue weighted by atomic mass is 79.9. The average Bonchev–Trinajstić information content (AvgIpc) is 2.92. The van der Waals surface area contributed by atoms with Gasteiger partial charge in [-0.3, -0.25) is 9.80 Å². The molecule has 1 atom stereocenters. The summed E-state index contributed by atoms with van der Waals surface area (Å²) in [6.45, 7) is 7.21. The number of likely N-dealkylation sites (tertiary alicyclic amines) is 1. The molecular weight excluding hydrogens is 318 g/mol. The molecule has 4 nitrogen and oxygen atoms in total. The molecule has 0 spiro atoms. The summed E-state index contributed by atoms with van der Waals surface area (Å²) in [6, 6.07) is 6.88. The summed E-state index contributed by atoms with van der Waals surface area (Å²) >= 11 is 3.46. The first-order valence-electron chi connectivity index (χ1n) is 7.30. The van der Waals surface area contributed by atoms with Crippen molar-refractivity contribution in [2.45, 2.75) is 19.0 Å². The Morgan fingerprint density at radius 1 is 1.25 bits per heavy atom. The zero-order valence-electron chi connectivity index (χ0n) is 11.7. The summed E-state index contributed by atoms with van der Waals surface area (Å²) in [7, 11) is 0. The van der Waals surface area contributed by atoms with Crippen molar-refractivity contribution in [3.05, 3.63) is 28.2 Å². The third kappa shape index (κ3) is 3.34. The van der Waals surface area contributed by atoms with Crippen molar-refractivity contribution in [1.82, 2.24) is 9.80 Å². The molecule has 2 aliphatic heterocycles. The van der Waals surface area contributed by atoms with Gasteiger partial charge in [0, 0.05) is 48.9 Å². The quantitative estimate of drug-likeness (QED) is 0.854. The molecular formula is C15H22BrN3O. The molecule has 0 radical (unpaired) electrons. The Labute approximate surface area is 129 Å². The van der Waals surface area contributed by atoms with Crippen molar-refractivity contribution >= 4 is 21.6 Å². The molecule has 0 aromatic heterocycles. The zero-order valence-corrected chi connectivity index (χ0v) is 13.3. The van der Waals surface area contributed by atoms with Gasteiger partial charge in [0.1, 0.15) is 0 Å². The lowest BCUT2D eigenvalue weighted by atomic mass is 10.1. The van der Waals surface area contributed by atoms with Crippen LogP contribution in [0.1, 0.15) is 12.0 Å². The topological polar surface area (TPSA) is 41.7 Å². The van der Waals surface area contributed by atoms with E-state index in [4.69, 9.17) is 10.5 Å². The van der Waals surface area contributed by atoms with Crippen LogP contribution in [0.3, 0.4) is 0 Å². The Morgan fingerprint density at radius 3 is 2.80 bits per heavy atom. The van der Waals surface area contributed by atoms with Crippen molar-refractivity contribution in [3.63, 3.8) is 0 Å². The standard InChI is InChI=1S/C15H22BrN3O/c16-13-2-1-12(15(17)9-13)10-18-4-3-14(11-18)19-5-7-20-8-6-19/h1-2,9,14H,3-8,10-11,17H2. The lowest BCUT2D eigenvalue weighted by molar-refractivity contribution is 0.0184. The van der Waals surface area contributed by atoms with E-state index in [2.05, 4.69) is 37.9 Å². The van der Waals surface area contributed by atoms with E-state index in [-0.39, 0.29) is 0 Å². The number of nitrogens with two attached hydrogens (primary N) is 1. The predicted octanol–water partition coefficient (Wildman–Crippen LogP) is 1.94. The summed E-state index contributed by atoms with van der Waals surface area (Å²) in [5.41, 5.74) is 8.21. The van der Waals surface area contributed by atoms with E-state index in [1.165, 1.54) is 12.0 Å². The van der Waals surface area contributed by atoms with Gasteiger partial charge in [-0.05, 0) is 24.1 Å². The maximum Gasteiger partial charge on any atom is 0.0594 e. The molecule has 2 fully saturated rings. The van der Waals surface area contributed by atoms with Crippen molar-refractivity contribution in [3.8, 4) is 0 Å². The number of nitrogens with zero attached hydrogens (tertiary/aromatic N) is 2. The van der Waals surface area contributed by atoms with E-state index in [1.54, 1.807) is 0 Å². The van der Waals surface area contributed by atoms with Crippen LogP contribution in [-0.4, -0.2) is 55.2 Å². The van der Waals surface area contributed by atoms with Crippen LogP contribution in [-0.2, 0) is 11.3 Å². The van der Waals surface area contributed by atoms with Gasteiger partial charge in [0.05, 0.1) is 13.2 Å². The van der Waals surface area contributed by atoms with Gasteiger partial charge in [-0.1, -0.05) is 22.0 Å². The Morgan fingerprint density at radius 2 is 2.05 bits per heavy atom. The molecule has 0 amide bonds. The number of hydrogen-bond acceptors (Lipinski definition) is 4. The lowest BCUT2D eigenvalue weighted by Gasteiger charge is -2.32. The molecule has 2 N–H and O–H groups in total. The fraction of sp³-hybridized carbons (Fsp3) is 0.600. The van der Waals surface area contributed by atoms with Gasteiger partial charge in [0.2, 0.25) is 0 Å². The summed E-state index contributed by atoms with van der Waals surface area (Å²) < 4.78 is 6.48. The Balaban J connectivity index is 1.57. The molecule has 2 heterocycles. The third-order valence-electron chi connectivity index (χ3n) is 4.31. The van der Waals surface area contributed by atoms with Crippen LogP contribution in [0.4, 0.5) is 5.69 Å². The minimum atomic E-state index is 0.690. The second-order valence-electron chi connectivity index (χ2n) is 5.67. The Hall–Kier alpha value is -0.620. The van der Waals surface area contributed by atoms with Crippen molar-refractivity contribution in [2.24, 2.45) is 0 Å². The van der Waals surface area contributed by atoms with E-state index in [9.17, 15) is 0 Å². The molecule has 1 aromatic carbocycles. The van der Waals surface area contributed by atoms with Gasteiger partial charge in [-0.15, -0.1) is 0 Å². The van der Waals surface area contributed by atoms with Crippen LogP contribution in [0, 0.1) is 0 Å². The third-order valence-corrected chi connectivity index (χ3v) is 4.80. The number of nitrogen functional groups attached to an aromatic ring is 1. The summed E-state index contributed by atoms with van der Waals surface area (Å²) in [5.74, 6) is 0. The van der Waals surface area contributed by atoms with Gasteiger partial charge < -0.3 is 10.5 Å². The van der Waals surface area contributed by atoms with Gasteiger partial charge in [0.15, 0.2) is 0 Å². The van der Waals surface area contributed by atoms with Gasteiger partial charge in [-0.2, -0.15) is 0 Å². The number of ether oxygens (including phenoxy) is 1. The maximum atomic E-state index is 6.09. The van der Waals surface area contributed by atoms with Crippen LogP contribution in [0.15, 0.2) is 22.7 Å². The minimum Gasteiger partial charge on any atom is -0.398 e. The second-order valence-corrected chi connectivity index (χ2v) is 6.58. The molecule has 0 bridgehead atoms. The van der Waals surface area contributed by atoms with Crippen LogP contribution < -0.4 is 5.73 Å². The van der Waals surface area contributed by atoms with Crippen LogP contribution in [0.5, 0.6) is 0 Å². The predicted molar refractivity (Wildman–Crippen MR) is 84.6 cm³/mol. The van der Waals surface area contributed by atoms with Crippen molar-refractivity contribution in [1.29, 1.82) is 0 Å². The van der Waals surface area contributed by atoms with E-state index in [0.29, 0.717) is 6.04 Å². The van der Waals surface area contributed by atoms with Crippen molar-refractivity contribution in [2.75, 3.05) is 45.1 Å². The molecule has 0 aliphatic carbocycles. The number of rotatable bonds is 3. The molecule has 5 heteroatoms. The fourth-order valence-electron chi connectivity index (χ4n) is 3.15. The van der Waals surface area contributed by atoms with Crippen LogP contribution in [0.25, 0.3) is 0 Å². The fourth-order valence-corrected chi connectivity index (χ4v) is 3.53. The summed E-state index contributed by atoms with van der Waals surface area (Å²) in [4.78, 5) is 5.09. The van der Waals surface area contributed by atoms with Gasteiger partial charge in [0.25, 0.3) is 0 Å². The number of morpholine rings is 1. The first-order chi connectivity index (χ1) is 9.72. The van der Waals surface area contributed by atoms with E-state index < -0.39 is 0 Å². The van der Waals surface area contributed by atoms with E-state index >= 15 is 0 Å². The van der Waals surface area contributed by atoms with Gasteiger partial charge >= 0.3 is 0 Å². The Kier molecular flexibility index (Phi) is 4.61. The van der Waals surface area contributed by atoms with Crippen LogP contribution in [0.2, 0.25) is 0 Å². The van der Waals surface area contributed by atoms with Crippen molar-refractivity contribution < 1.29 is 4.74 Å². The zero-order chi connectivity index (χ0) is 13.9. The highest BCUT2D eigenvalue weighted by Crippen LogP contribution is 2.23. The normalized spacial score (nSPS) is 25.1. The molecule has 3 rings (SSSR count). The molecule has 2 aliphatic rings. The molecule has 0 saturated carbocycles. The SMILES string of the molecule is Nc1cc(Br)ccc1CN1CCC(N2CCOCC2)C1. The van der Waals surface area contributed by atoms with E-state index in [0.717, 1.165) is 56.1 Å². The van der Waals surface area contributed by atoms with Gasteiger partial charge in [-0.25, -0.2) is 0 Å². The highest BCUT2D eigenvalue weighted by Gasteiger charge is 2.28. The Bertz CT molecular complexity index is 462. The summed E-state index contributed by atoms with van der Waals surface area (Å²) in [5, 5.41) is 0. The average molecular weight is 340 g/mol. The van der Waals surface area contributed by atoms with Crippen LogP contribution >= 0.6 is 15.9 Å². The maximum absolute atomic E-state index is 6.09. The molecule has 110 valence electrons. The monoisotopic (exact) mass is 339 g/mol. The largest absolute Gasteiger partial charge is 0.398 e. The molecule has 1 aromatic rings. The number of halogens is 1. The first kappa shape index (κ1) is 14.3. The molecule has 1 unspecified atom stereocenters. The number of benzene rings is 1. The minimum absolute atomic E-state index is 0.690. The lowest BCUT2D eigenvalue weighted by Crippen LogP contribution is -2.44. The van der Waals surface area contributed by atoms with E-state index in [1.807, 2.05) is 6.07 Å². The smallest absolute Gasteiger partial charge is 0.0594 e. The number of anilines is 1. The molecule has 20 heavy (non-hydrogen) atoms. The molecule has 2 saturated heterocycles. The highest BCUT2D eigenvalue weighted by molar-refractivity contribution is 9.10. The first-order valence-corrected chi connectivity index (χ1v) is 8.10. The second kappa shape index (κ2) is 6.43. The number of hydrogen-bond donors (Lipinski definition) is 1.